The first kappa shape index (κ1) is 13.8. The summed E-state index contributed by atoms with van der Waals surface area (Å²) in [6.45, 7) is 6.80. The van der Waals surface area contributed by atoms with Crippen molar-refractivity contribution < 1.29 is 4.79 Å². The summed E-state index contributed by atoms with van der Waals surface area (Å²) in [5, 5.41) is 0. The van der Waals surface area contributed by atoms with Crippen LogP contribution in [0.5, 0.6) is 0 Å². The fourth-order valence-corrected chi connectivity index (χ4v) is 4.36. The highest BCUT2D eigenvalue weighted by molar-refractivity contribution is 5.80. The zero-order chi connectivity index (χ0) is 14.1. The average Bonchev–Trinajstić information content (AvgIpc) is 2.42. The van der Waals surface area contributed by atoms with Crippen molar-refractivity contribution in [2.45, 2.75) is 45.7 Å². The lowest BCUT2D eigenvalue weighted by Crippen LogP contribution is -2.54. The molecule has 2 aliphatic rings. The van der Waals surface area contributed by atoms with E-state index in [-0.39, 0.29) is 0 Å². The largest absolute Gasteiger partial charge is 0.300 e. The van der Waals surface area contributed by atoms with Gasteiger partial charge in [0.1, 0.15) is 5.78 Å². The Morgan fingerprint density at radius 1 is 1.20 bits per heavy atom. The Balaban J connectivity index is 1.79. The Hall–Kier alpha value is -1.15. The summed E-state index contributed by atoms with van der Waals surface area (Å²) in [4.78, 5) is 14.6. The highest BCUT2D eigenvalue weighted by atomic mass is 16.1. The van der Waals surface area contributed by atoms with E-state index in [0.717, 1.165) is 25.9 Å². The topological polar surface area (TPSA) is 20.3 Å². The third-order valence-corrected chi connectivity index (χ3v) is 5.17. The molecule has 1 aromatic rings. The van der Waals surface area contributed by atoms with E-state index in [9.17, 15) is 4.79 Å². The van der Waals surface area contributed by atoms with Crippen LogP contribution in [-0.2, 0) is 11.3 Å². The molecular weight excluding hydrogens is 246 g/mol. The lowest BCUT2D eigenvalue weighted by Gasteiger charge is -2.50. The minimum atomic E-state index is 0.468. The average molecular weight is 271 g/mol. The van der Waals surface area contributed by atoms with Crippen LogP contribution in [0.2, 0.25) is 0 Å². The summed E-state index contributed by atoms with van der Waals surface area (Å²) in [5.41, 5.74) is 1.37. The maximum Gasteiger partial charge on any atom is 0.134 e. The molecule has 3 atom stereocenters. The molecule has 1 saturated carbocycles. The number of benzene rings is 1. The molecule has 0 spiro atoms. The number of Topliss-reactive ketones (excluding diaryl/α,β-unsaturated/α-hetero) is 1. The predicted molar refractivity (Wildman–Crippen MR) is 81.3 cm³/mol. The fraction of sp³-hybridized carbons (Fsp3) is 0.611. The van der Waals surface area contributed by atoms with Crippen molar-refractivity contribution in [3.05, 3.63) is 35.9 Å². The van der Waals surface area contributed by atoms with E-state index in [2.05, 4.69) is 49.1 Å². The molecule has 1 saturated heterocycles. The van der Waals surface area contributed by atoms with Gasteiger partial charge in [0.05, 0.1) is 0 Å². The Morgan fingerprint density at radius 2 is 1.95 bits per heavy atom. The summed E-state index contributed by atoms with van der Waals surface area (Å²) < 4.78 is 0. The van der Waals surface area contributed by atoms with Gasteiger partial charge < -0.3 is 0 Å². The SMILES string of the molecule is CC(C)[C@H]1[C@@H]2CCN(Cc3ccccc3)[C@H]1CC(=O)C2. The predicted octanol–water partition coefficient (Wildman–Crippen LogP) is 3.51. The van der Waals surface area contributed by atoms with E-state index < -0.39 is 0 Å². The second-order valence-corrected chi connectivity index (χ2v) is 6.84. The number of carbonyl (C=O) groups is 1. The highest BCUT2D eigenvalue weighted by Crippen LogP contribution is 2.42. The molecule has 1 aliphatic carbocycles. The van der Waals surface area contributed by atoms with Gasteiger partial charge in [-0.15, -0.1) is 0 Å². The zero-order valence-electron chi connectivity index (χ0n) is 12.6. The van der Waals surface area contributed by atoms with Crippen molar-refractivity contribution in [1.29, 1.82) is 0 Å². The van der Waals surface area contributed by atoms with Gasteiger partial charge in [0.2, 0.25) is 0 Å². The monoisotopic (exact) mass is 271 g/mol. The molecule has 0 aromatic heterocycles. The van der Waals surface area contributed by atoms with Crippen LogP contribution >= 0.6 is 0 Å². The second kappa shape index (κ2) is 5.69. The molecule has 0 amide bonds. The summed E-state index contributed by atoms with van der Waals surface area (Å²) in [7, 11) is 0. The smallest absolute Gasteiger partial charge is 0.134 e. The van der Waals surface area contributed by atoms with Crippen LogP contribution in [0, 0.1) is 17.8 Å². The molecule has 2 bridgehead atoms. The first-order chi connectivity index (χ1) is 9.65. The van der Waals surface area contributed by atoms with Crippen LogP contribution in [-0.4, -0.2) is 23.3 Å². The van der Waals surface area contributed by atoms with Crippen molar-refractivity contribution in [2.24, 2.45) is 17.8 Å². The van der Waals surface area contributed by atoms with Gasteiger partial charge in [-0.2, -0.15) is 0 Å². The Labute approximate surface area is 122 Å². The number of piperidine rings is 1. The van der Waals surface area contributed by atoms with Crippen molar-refractivity contribution in [2.75, 3.05) is 6.54 Å². The number of rotatable bonds is 3. The number of likely N-dealkylation sites (tertiary alicyclic amines) is 1. The molecule has 1 aliphatic heterocycles. The number of fused-ring (bicyclic) bond motifs is 2. The summed E-state index contributed by atoms with van der Waals surface area (Å²) in [6.07, 6.45) is 2.79. The van der Waals surface area contributed by atoms with E-state index in [0.29, 0.717) is 29.6 Å². The van der Waals surface area contributed by atoms with Gasteiger partial charge in [0.25, 0.3) is 0 Å². The van der Waals surface area contributed by atoms with E-state index in [1.54, 1.807) is 0 Å². The minimum Gasteiger partial charge on any atom is -0.300 e. The first-order valence-electron chi connectivity index (χ1n) is 7.95. The molecule has 0 unspecified atom stereocenters. The van der Waals surface area contributed by atoms with E-state index >= 15 is 0 Å². The fourth-order valence-electron chi connectivity index (χ4n) is 4.36. The highest BCUT2D eigenvalue weighted by Gasteiger charge is 2.44. The molecule has 1 aromatic carbocycles. The Bertz CT molecular complexity index is 468. The van der Waals surface area contributed by atoms with Gasteiger partial charge in [-0.3, -0.25) is 9.69 Å². The summed E-state index contributed by atoms with van der Waals surface area (Å²) in [5.74, 6) is 2.49. The number of hydrogen-bond acceptors (Lipinski definition) is 2. The Kier molecular flexibility index (Phi) is 3.93. The van der Waals surface area contributed by atoms with Crippen molar-refractivity contribution in [3.63, 3.8) is 0 Å². The molecule has 0 radical (unpaired) electrons. The van der Waals surface area contributed by atoms with Crippen LogP contribution in [0.25, 0.3) is 0 Å². The molecule has 3 rings (SSSR count). The van der Waals surface area contributed by atoms with Crippen LogP contribution in [0.3, 0.4) is 0 Å². The van der Waals surface area contributed by atoms with Crippen molar-refractivity contribution in [1.82, 2.24) is 4.90 Å². The second-order valence-electron chi connectivity index (χ2n) is 6.84. The third-order valence-electron chi connectivity index (χ3n) is 5.17. The lowest BCUT2D eigenvalue weighted by atomic mass is 9.66. The third kappa shape index (κ3) is 2.67. The van der Waals surface area contributed by atoms with E-state index in [1.165, 1.54) is 12.0 Å². The quantitative estimate of drug-likeness (QED) is 0.838. The van der Waals surface area contributed by atoms with Crippen LogP contribution in [0.4, 0.5) is 0 Å². The number of hydrogen-bond donors (Lipinski definition) is 0. The van der Waals surface area contributed by atoms with Gasteiger partial charge in [0.15, 0.2) is 0 Å². The van der Waals surface area contributed by atoms with Gasteiger partial charge in [-0.25, -0.2) is 0 Å². The molecule has 20 heavy (non-hydrogen) atoms. The molecular formula is C18H25NO. The molecule has 1 heterocycles. The van der Waals surface area contributed by atoms with Crippen molar-refractivity contribution >= 4 is 5.78 Å². The van der Waals surface area contributed by atoms with Gasteiger partial charge in [-0.05, 0) is 36.3 Å². The first-order valence-corrected chi connectivity index (χ1v) is 7.95. The normalized spacial score (nSPS) is 30.8. The summed E-state index contributed by atoms with van der Waals surface area (Å²) >= 11 is 0. The van der Waals surface area contributed by atoms with Crippen LogP contribution < -0.4 is 0 Å². The molecule has 2 heteroatoms. The van der Waals surface area contributed by atoms with Gasteiger partial charge >= 0.3 is 0 Å². The standard InChI is InChI=1S/C18H25NO/c1-13(2)18-15-8-9-19(17(18)11-16(20)10-15)12-14-6-4-3-5-7-14/h3-7,13,15,17-18H,8-12H2,1-2H3/t15-,17+,18+/m1/s1. The number of nitrogens with zero attached hydrogens (tertiary/aromatic N) is 1. The van der Waals surface area contributed by atoms with Gasteiger partial charge in [-0.1, -0.05) is 44.2 Å². The lowest BCUT2D eigenvalue weighted by molar-refractivity contribution is -0.130. The van der Waals surface area contributed by atoms with Crippen LogP contribution in [0.15, 0.2) is 30.3 Å². The van der Waals surface area contributed by atoms with E-state index in [4.69, 9.17) is 0 Å². The molecule has 0 N–H and O–H groups in total. The maximum atomic E-state index is 12.0. The number of ketones is 1. The van der Waals surface area contributed by atoms with Gasteiger partial charge in [0, 0.05) is 25.4 Å². The number of carbonyl (C=O) groups excluding carboxylic acids is 1. The maximum absolute atomic E-state index is 12.0. The Morgan fingerprint density at radius 3 is 2.65 bits per heavy atom. The molecule has 2 fully saturated rings. The van der Waals surface area contributed by atoms with E-state index in [1.807, 2.05) is 0 Å². The molecule has 108 valence electrons. The minimum absolute atomic E-state index is 0.468. The van der Waals surface area contributed by atoms with Crippen molar-refractivity contribution in [3.8, 4) is 0 Å². The molecule has 2 nitrogen and oxygen atoms in total. The summed E-state index contributed by atoms with van der Waals surface area (Å²) in [6, 6.07) is 11.1. The van der Waals surface area contributed by atoms with Crippen LogP contribution in [0.1, 0.15) is 38.7 Å². The zero-order valence-corrected chi connectivity index (χ0v) is 12.6.